The number of halogens is 3. The summed E-state index contributed by atoms with van der Waals surface area (Å²) in [5.41, 5.74) is 5.11. The quantitative estimate of drug-likeness (QED) is 0.512. The van der Waals surface area contributed by atoms with E-state index in [1.807, 2.05) is 0 Å². The van der Waals surface area contributed by atoms with Crippen LogP contribution in [0.2, 0.25) is 0 Å². The summed E-state index contributed by atoms with van der Waals surface area (Å²) in [6.45, 7) is -0.218. The van der Waals surface area contributed by atoms with Crippen molar-refractivity contribution in [3.8, 4) is 0 Å². The lowest BCUT2D eigenvalue weighted by Crippen LogP contribution is -2.19. The molecule has 0 aliphatic heterocycles. The van der Waals surface area contributed by atoms with E-state index in [0.717, 1.165) is 6.08 Å². The van der Waals surface area contributed by atoms with E-state index >= 15 is 0 Å². The van der Waals surface area contributed by atoms with E-state index in [-0.39, 0.29) is 5.70 Å². The first-order chi connectivity index (χ1) is 5.31. The molecule has 0 saturated carbocycles. The SMILES string of the molecule is C/C(N)=C\C(=O)OCC(F)(F)F. The van der Waals surface area contributed by atoms with Crippen molar-refractivity contribution in [1.29, 1.82) is 0 Å². The van der Waals surface area contributed by atoms with Crippen LogP contribution in [-0.4, -0.2) is 18.8 Å². The highest BCUT2D eigenvalue weighted by molar-refractivity contribution is 5.82. The fraction of sp³-hybridized carbons (Fsp3) is 0.500. The Balaban J connectivity index is 3.81. The Morgan fingerprint density at radius 2 is 2.08 bits per heavy atom. The largest absolute Gasteiger partial charge is 0.453 e. The van der Waals surface area contributed by atoms with Crippen LogP contribution in [0.25, 0.3) is 0 Å². The topological polar surface area (TPSA) is 52.3 Å². The summed E-state index contributed by atoms with van der Waals surface area (Å²) in [4.78, 5) is 10.4. The normalized spacial score (nSPS) is 12.8. The molecule has 70 valence electrons. The van der Waals surface area contributed by atoms with Gasteiger partial charge >= 0.3 is 12.1 Å². The Hall–Kier alpha value is -1.20. The number of esters is 1. The minimum absolute atomic E-state index is 0.0992. The molecule has 0 radical (unpaired) electrons. The van der Waals surface area contributed by atoms with Gasteiger partial charge in [0.05, 0.1) is 0 Å². The number of hydrogen-bond acceptors (Lipinski definition) is 3. The molecule has 0 aromatic rings. The maximum atomic E-state index is 11.4. The number of nitrogens with two attached hydrogens (primary N) is 1. The van der Waals surface area contributed by atoms with Gasteiger partial charge in [-0.2, -0.15) is 13.2 Å². The lowest BCUT2D eigenvalue weighted by atomic mass is 10.4. The average Bonchev–Trinajstić information content (AvgIpc) is 1.80. The molecule has 2 N–H and O–H groups in total. The van der Waals surface area contributed by atoms with Crippen LogP contribution >= 0.6 is 0 Å². The van der Waals surface area contributed by atoms with E-state index in [2.05, 4.69) is 4.74 Å². The van der Waals surface area contributed by atoms with Gasteiger partial charge in [-0.05, 0) is 6.92 Å². The fourth-order valence-electron chi connectivity index (χ4n) is 0.381. The molecule has 0 unspecified atom stereocenters. The van der Waals surface area contributed by atoms with Crippen LogP contribution in [0.15, 0.2) is 11.8 Å². The standard InChI is InChI=1S/C6H8F3NO2/c1-4(10)2-5(11)12-3-6(7,8)9/h2H,3,10H2,1H3/b4-2+. The van der Waals surface area contributed by atoms with Gasteiger partial charge in [-0.25, -0.2) is 4.79 Å². The first-order valence-electron chi connectivity index (χ1n) is 2.98. The van der Waals surface area contributed by atoms with Crippen LogP contribution in [0.3, 0.4) is 0 Å². The van der Waals surface area contributed by atoms with Crippen molar-refractivity contribution in [3.05, 3.63) is 11.8 Å². The number of carbonyl (C=O) groups is 1. The molecular weight excluding hydrogens is 175 g/mol. The Labute approximate surface area is 67.0 Å². The monoisotopic (exact) mass is 183 g/mol. The molecule has 0 aromatic carbocycles. The van der Waals surface area contributed by atoms with Crippen molar-refractivity contribution in [3.63, 3.8) is 0 Å². The highest BCUT2D eigenvalue weighted by Crippen LogP contribution is 2.14. The zero-order chi connectivity index (χ0) is 9.78. The number of ether oxygens (including phenoxy) is 1. The minimum Gasteiger partial charge on any atom is -0.453 e. The molecule has 0 amide bonds. The highest BCUT2D eigenvalue weighted by atomic mass is 19.4. The third kappa shape index (κ3) is 6.91. The second-order valence-electron chi connectivity index (χ2n) is 2.11. The molecule has 0 bridgehead atoms. The van der Waals surface area contributed by atoms with Gasteiger partial charge in [-0.15, -0.1) is 0 Å². The molecule has 12 heavy (non-hydrogen) atoms. The van der Waals surface area contributed by atoms with Crippen molar-refractivity contribution in [2.45, 2.75) is 13.1 Å². The molecule has 0 aromatic heterocycles. The van der Waals surface area contributed by atoms with Gasteiger partial charge in [0, 0.05) is 11.8 Å². The summed E-state index contributed by atoms with van der Waals surface area (Å²) in [7, 11) is 0. The number of carbonyl (C=O) groups excluding carboxylic acids is 1. The molecule has 3 nitrogen and oxygen atoms in total. The van der Waals surface area contributed by atoms with Gasteiger partial charge in [0.25, 0.3) is 0 Å². The zero-order valence-electron chi connectivity index (χ0n) is 6.31. The summed E-state index contributed by atoms with van der Waals surface area (Å²) in [6.07, 6.45) is -3.71. The summed E-state index contributed by atoms with van der Waals surface area (Å²) < 4.78 is 38.1. The van der Waals surface area contributed by atoms with Gasteiger partial charge in [-0.3, -0.25) is 0 Å². The first-order valence-corrected chi connectivity index (χ1v) is 2.98. The Bertz CT molecular complexity index is 193. The van der Waals surface area contributed by atoms with Crippen LogP contribution in [-0.2, 0) is 9.53 Å². The van der Waals surface area contributed by atoms with E-state index in [4.69, 9.17) is 5.73 Å². The molecule has 0 fully saturated rings. The Kier molecular flexibility index (Phi) is 3.59. The molecule has 6 heteroatoms. The summed E-state index contributed by atoms with van der Waals surface area (Å²) in [5.74, 6) is -1.09. The van der Waals surface area contributed by atoms with Crippen molar-refractivity contribution < 1.29 is 22.7 Å². The van der Waals surface area contributed by atoms with E-state index in [1.54, 1.807) is 0 Å². The van der Waals surface area contributed by atoms with Gasteiger partial charge in [-0.1, -0.05) is 0 Å². The third-order valence-corrected chi connectivity index (χ3v) is 0.724. The van der Waals surface area contributed by atoms with Gasteiger partial charge < -0.3 is 10.5 Å². The maximum absolute atomic E-state index is 11.4. The first kappa shape index (κ1) is 10.8. The maximum Gasteiger partial charge on any atom is 0.422 e. The molecule has 0 rings (SSSR count). The van der Waals surface area contributed by atoms with Gasteiger partial charge in [0.2, 0.25) is 0 Å². The van der Waals surface area contributed by atoms with E-state index < -0.39 is 18.8 Å². The predicted octanol–water partition coefficient (Wildman–Crippen LogP) is 0.954. The van der Waals surface area contributed by atoms with E-state index in [0.29, 0.717) is 0 Å². The molecular formula is C6H8F3NO2. The van der Waals surface area contributed by atoms with Crippen LogP contribution in [0.1, 0.15) is 6.92 Å². The fourth-order valence-corrected chi connectivity index (χ4v) is 0.381. The number of alkyl halides is 3. The second kappa shape index (κ2) is 3.99. The molecule has 0 spiro atoms. The average molecular weight is 183 g/mol. The Morgan fingerprint density at radius 1 is 1.58 bits per heavy atom. The van der Waals surface area contributed by atoms with Crippen molar-refractivity contribution >= 4 is 5.97 Å². The summed E-state index contributed by atoms with van der Waals surface area (Å²) >= 11 is 0. The van der Waals surface area contributed by atoms with Crippen LogP contribution < -0.4 is 5.73 Å². The smallest absolute Gasteiger partial charge is 0.422 e. The summed E-state index contributed by atoms with van der Waals surface area (Å²) in [5, 5.41) is 0. The minimum atomic E-state index is -4.49. The zero-order valence-corrected chi connectivity index (χ0v) is 6.31. The van der Waals surface area contributed by atoms with Crippen LogP contribution in [0.4, 0.5) is 13.2 Å². The number of hydrogen-bond donors (Lipinski definition) is 1. The van der Waals surface area contributed by atoms with Crippen molar-refractivity contribution in [2.75, 3.05) is 6.61 Å². The molecule has 0 saturated heterocycles. The van der Waals surface area contributed by atoms with Crippen LogP contribution in [0.5, 0.6) is 0 Å². The molecule has 0 aliphatic rings. The molecule has 0 atom stereocenters. The lowest BCUT2D eigenvalue weighted by Gasteiger charge is -2.05. The molecule has 0 heterocycles. The highest BCUT2D eigenvalue weighted by Gasteiger charge is 2.29. The van der Waals surface area contributed by atoms with E-state index in [9.17, 15) is 18.0 Å². The van der Waals surface area contributed by atoms with Crippen molar-refractivity contribution in [1.82, 2.24) is 0 Å². The number of allylic oxidation sites excluding steroid dienone is 1. The van der Waals surface area contributed by atoms with E-state index in [1.165, 1.54) is 6.92 Å². The Morgan fingerprint density at radius 3 is 2.42 bits per heavy atom. The number of rotatable bonds is 2. The van der Waals surface area contributed by atoms with Gasteiger partial charge in [0.15, 0.2) is 6.61 Å². The predicted molar refractivity (Wildman–Crippen MR) is 35.0 cm³/mol. The van der Waals surface area contributed by atoms with Gasteiger partial charge in [0.1, 0.15) is 0 Å². The third-order valence-electron chi connectivity index (χ3n) is 0.724. The summed E-state index contributed by atoms with van der Waals surface area (Å²) in [6, 6.07) is 0. The van der Waals surface area contributed by atoms with Crippen LogP contribution in [0, 0.1) is 0 Å². The molecule has 0 aliphatic carbocycles. The van der Waals surface area contributed by atoms with Crippen molar-refractivity contribution in [2.24, 2.45) is 5.73 Å². The second-order valence-corrected chi connectivity index (χ2v) is 2.11. The lowest BCUT2D eigenvalue weighted by molar-refractivity contribution is -0.182.